The van der Waals surface area contributed by atoms with Gasteiger partial charge in [0.05, 0.1) is 5.69 Å². The predicted molar refractivity (Wildman–Crippen MR) is 132 cm³/mol. The number of carbonyl (C=O) groups excluding carboxylic acids is 2. The van der Waals surface area contributed by atoms with Gasteiger partial charge in [-0.15, -0.1) is 0 Å². The summed E-state index contributed by atoms with van der Waals surface area (Å²) in [6.07, 6.45) is 8.87. The second kappa shape index (κ2) is 9.50. The summed E-state index contributed by atoms with van der Waals surface area (Å²) in [5.74, 6) is 2.61. The first-order chi connectivity index (χ1) is 16.3. The van der Waals surface area contributed by atoms with Gasteiger partial charge in [-0.1, -0.05) is 19.1 Å². The lowest BCUT2D eigenvalue weighted by Crippen LogP contribution is -2.56. The van der Waals surface area contributed by atoms with Gasteiger partial charge < -0.3 is 15.1 Å². The van der Waals surface area contributed by atoms with E-state index in [1.165, 1.54) is 44.6 Å². The molecule has 6 heteroatoms. The molecular formula is C28H40FN3O2. The average molecular weight is 470 g/mol. The number of amides is 2. The Labute approximate surface area is 203 Å². The van der Waals surface area contributed by atoms with Crippen LogP contribution in [0.5, 0.6) is 0 Å². The molecule has 1 aromatic rings. The fraction of sp³-hybridized carbons (Fsp3) is 0.714. The first kappa shape index (κ1) is 23.6. The number of benzene rings is 1. The van der Waals surface area contributed by atoms with E-state index in [4.69, 9.17) is 0 Å². The Morgan fingerprint density at radius 1 is 0.971 bits per heavy atom. The molecule has 186 valence electrons. The largest absolute Gasteiger partial charge is 0.366 e. The van der Waals surface area contributed by atoms with Crippen LogP contribution in [-0.4, -0.2) is 48.9 Å². The van der Waals surface area contributed by atoms with E-state index in [9.17, 15) is 14.0 Å². The van der Waals surface area contributed by atoms with Crippen LogP contribution in [0.25, 0.3) is 0 Å². The summed E-state index contributed by atoms with van der Waals surface area (Å²) in [6, 6.07) is 7.02. The van der Waals surface area contributed by atoms with E-state index in [0.29, 0.717) is 50.1 Å². The van der Waals surface area contributed by atoms with Crippen molar-refractivity contribution in [3.8, 4) is 0 Å². The zero-order chi connectivity index (χ0) is 23.9. The van der Waals surface area contributed by atoms with E-state index in [-0.39, 0.29) is 29.6 Å². The number of halogens is 1. The summed E-state index contributed by atoms with van der Waals surface area (Å²) < 4.78 is 14.1. The number of nitrogens with one attached hydrogen (secondary N) is 1. The van der Waals surface area contributed by atoms with Gasteiger partial charge in [-0.25, -0.2) is 4.39 Å². The molecule has 1 saturated heterocycles. The number of nitrogens with zero attached hydrogens (tertiary/aromatic N) is 2. The number of para-hydroxylation sites is 1. The van der Waals surface area contributed by atoms with Crippen LogP contribution in [0.15, 0.2) is 24.3 Å². The summed E-state index contributed by atoms with van der Waals surface area (Å²) in [5.41, 5.74) is 0.911. The SMILES string of the molecule is CC(CC(=O)NC(C)C12CC3CC(CC(C3)C1)C2)CC(=O)N1CCN(c2ccccc2F)CC1. The van der Waals surface area contributed by atoms with E-state index < -0.39 is 0 Å². The minimum absolute atomic E-state index is 0.0145. The standard InChI is InChI=1S/C28H40FN3O2/c1-19(12-27(34)32-9-7-31(8-10-32)25-6-4-3-5-24(25)29)11-26(33)30-20(2)28-16-21-13-22(17-28)15-23(14-21)18-28/h3-6,19-23H,7-18H2,1-2H3,(H,30,33). The number of piperazine rings is 1. The van der Waals surface area contributed by atoms with E-state index in [1.807, 2.05) is 22.8 Å². The zero-order valence-corrected chi connectivity index (χ0v) is 20.8. The van der Waals surface area contributed by atoms with E-state index in [1.54, 1.807) is 12.1 Å². The average Bonchev–Trinajstić information content (AvgIpc) is 2.78. The second-order valence-corrected chi connectivity index (χ2v) is 11.9. The Hall–Kier alpha value is -2.11. The summed E-state index contributed by atoms with van der Waals surface area (Å²) in [5, 5.41) is 3.34. The first-order valence-corrected chi connectivity index (χ1v) is 13.4. The fourth-order valence-corrected chi connectivity index (χ4v) is 7.88. The van der Waals surface area contributed by atoms with Crippen molar-refractivity contribution in [3.63, 3.8) is 0 Å². The van der Waals surface area contributed by atoms with Crippen molar-refractivity contribution in [2.45, 2.75) is 71.3 Å². The van der Waals surface area contributed by atoms with Crippen LogP contribution >= 0.6 is 0 Å². The molecule has 6 rings (SSSR count). The summed E-state index contributed by atoms with van der Waals surface area (Å²) in [7, 11) is 0. The van der Waals surface area contributed by atoms with Gasteiger partial charge in [0.25, 0.3) is 0 Å². The molecule has 5 fully saturated rings. The molecule has 0 aromatic heterocycles. The predicted octanol–water partition coefficient (Wildman–Crippen LogP) is 4.61. The van der Waals surface area contributed by atoms with Crippen molar-refractivity contribution in [1.29, 1.82) is 0 Å². The third-order valence-electron chi connectivity index (χ3n) is 9.26. The minimum Gasteiger partial charge on any atom is -0.366 e. The summed E-state index contributed by atoms with van der Waals surface area (Å²) in [4.78, 5) is 29.6. The van der Waals surface area contributed by atoms with E-state index in [0.717, 1.165) is 17.8 Å². The highest BCUT2D eigenvalue weighted by Gasteiger charge is 2.53. The fourth-order valence-electron chi connectivity index (χ4n) is 7.88. The van der Waals surface area contributed by atoms with Crippen LogP contribution in [0, 0.1) is 34.9 Å². The maximum absolute atomic E-state index is 14.1. The van der Waals surface area contributed by atoms with Crippen LogP contribution in [-0.2, 0) is 9.59 Å². The second-order valence-electron chi connectivity index (χ2n) is 11.9. The molecule has 1 N–H and O–H groups in total. The molecule has 2 atom stereocenters. The van der Waals surface area contributed by atoms with Gasteiger partial charge in [0, 0.05) is 45.1 Å². The van der Waals surface area contributed by atoms with Gasteiger partial charge in [-0.05, 0) is 86.7 Å². The highest BCUT2D eigenvalue weighted by Crippen LogP contribution is 2.61. The smallest absolute Gasteiger partial charge is 0.222 e. The molecule has 5 aliphatic rings. The molecule has 1 aliphatic heterocycles. The van der Waals surface area contributed by atoms with Crippen molar-refractivity contribution >= 4 is 17.5 Å². The molecule has 34 heavy (non-hydrogen) atoms. The number of hydrogen-bond donors (Lipinski definition) is 1. The normalized spacial score (nSPS) is 31.9. The van der Waals surface area contributed by atoms with Crippen molar-refractivity contribution in [2.75, 3.05) is 31.1 Å². The highest BCUT2D eigenvalue weighted by molar-refractivity contribution is 5.80. The molecule has 4 saturated carbocycles. The molecule has 4 aliphatic carbocycles. The van der Waals surface area contributed by atoms with Gasteiger partial charge in [0.1, 0.15) is 5.82 Å². The first-order valence-electron chi connectivity index (χ1n) is 13.4. The molecular weight excluding hydrogens is 429 g/mol. The van der Waals surface area contributed by atoms with Crippen LogP contribution in [0.3, 0.4) is 0 Å². The van der Waals surface area contributed by atoms with Crippen LogP contribution in [0.4, 0.5) is 10.1 Å². The van der Waals surface area contributed by atoms with Crippen LogP contribution < -0.4 is 10.2 Å². The Kier molecular flexibility index (Phi) is 6.60. The molecule has 2 amide bonds. The lowest BCUT2D eigenvalue weighted by molar-refractivity contribution is -0.133. The van der Waals surface area contributed by atoms with Gasteiger partial charge in [-0.3, -0.25) is 9.59 Å². The number of rotatable bonds is 7. The third-order valence-corrected chi connectivity index (χ3v) is 9.26. The van der Waals surface area contributed by atoms with Crippen LogP contribution in [0.1, 0.15) is 65.2 Å². The number of anilines is 1. The van der Waals surface area contributed by atoms with Crippen molar-refractivity contribution in [2.24, 2.45) is 29.1 Å². The molecule has 1 heterocycles. The zero-order valence-electron chi connectivity index (χ0n) is 20.8. The van der Waals surface area contributed by atoms with Gasteiger partial charge >= 0.3 is 0 Å². The quantitative estimate of drug-likeness (QED) is 0.634. The van der Waals surface area contributed by atoms with E-state index in [2.05, 4.69) is 12.2 Å². The molecule has 0 spiro atoms. The lowest BCUT2D eigenvalue weighted by Gasteiger charge is -2.59. The Bertz CT molecular complexity index is 875. The molecule has 1 aromatic carbocycles. The van der Waals surface area contributed by atoms with Crippen molar-refractivity contribution < 1.29 is 14.0 Å². The molecule has 0 radical (unpaired) electrons. The Morgan fingerprint density at radius 3 is 2.15 bits per heavy atom. The van der Waals surface area contributed by atoms with Gasteiger partial charge in [0.2, 0.25) is 11.8 Å². The van der Waals surface area contributed by atoms with Crippen molar-refractivity contribution in [1.82, 2.24) is 10.2 Å². The number of carbonyl (C=O) groups is 2. The maximum atomic E-state index is 14.1. The molecule has 4 bridgehead atoms. The maximum Gasteiger partial charge on any atom is 0.222 e. The third kappa shape index (κ3) is 4.83. The summed E-state index contributed by atoms with van der Waals surface area (Å²) in [6.45, 7) is 6.66. The summed E-state index contributed by atoms with van der Waals surface area (Å²) >= 11 is 0. The van der Waals surface area contributed by atoms with Crippen molar-refractivity contribution in [3.05, 3.63) is 30.1 Å². The van der Waals surface area contributed by atoms with Gasteiger partial charge in [-0.2, -0.15) is 0 Å². The minimum atomic E-state index is -0.218. The molecule has 2 unspecified atom stereocenters. The van der Waals surface area contributed by atoms with Gasteiger partial charge in [0.15, 0.2) is 0 Å². The topological polar surface area (TPSA) is 52.7 Å². The molecule has 5 nitrogen and oxygen atoms in total. The van der Waals surface area contributed by atoms with E-state index >= 15 is 0 Å². The monoisotopic (exact) mass is 469 g/mol. The lowest BCUT2D eigenvalue weighted by atomic mass is 9.48. The Morgan fingerprint density at radius 2 is 1.56 bits per heavy atom. The number of hydrogen-bond acceptors (Lipinski definition) is 3. The highest BCUT2D eigenvalue weighted by atomic mass is 19.1. The van der Waals surface area contributed by atoms with Crippen LogP contribution in [0.2, 0.25) is 0 Å². The Balaban J connectivity index is 1.07.